The molecular weight excluding hydrogens is 295 g/mol. The van der Waals surface area contributed by atoms with Crippen LogP contribution >= 0.6 is 7.60 Å². The van der Waals surface area contributed by atoms with Crippen LogP contribution in [0.2, 0.25) is 0 Å². The van der Waals surface area contributed by atoms with Crippen LogP contribution in [0.25, 0.3) is 0 Å². The Labute approximate surface area is 123 Å². The molecule has 1 rings (SSSR count). The van der Waals surface area contributed by atoms with Crippen LogP contribution in [0.15, 0.2) is 29.4 Å². The van der Waals surface area contributed by atoms with Crippen molar-refractivity contribution in [2.45, 2.75) is 6.16 Å². The van der Waals surface area contributed by atoms with Gasteiger partial charge in [-0.05, 0) is 5.56 Å². The van der Waals surface area contributed by atoms with Crippen molar-refractivity contribution in [3.8, 4) is 0 Å². The summed E-state index contributed by atoms with van der Waals surface area (Å²) < 4.78 is 22.1. The van der Waals surface area contributed by atoms with Gasteiger partial charge >= 0.3 is 7.60 Å². The number of carbonyl (C=O) groups excluding carboxylic acids is 1. The van der Waals surface area contributed by atoms with Gasteiger partial charge in [-0.25, -0.2) is 0 Å². The van der Waals surface area contributed by atoms with Crippen molar-refractivity contribution in [3.63, 3.8) is 0 Å². The van der Waals surface area contributed by atoms with Crippen molar-refractivity contribution < 1.29 is 23.2 Å². The first-order valence-corrected chi connectivity index (χ1v) is 7.86. The maximum Gasteiger partial charge on any atom is 0.334 e. The number of rotatable bonds is 7. The number of benzene rings is 1. The molecular formula is C13H19N2O5P. The van der Waals surface area contributed by atoms with E-state index >= 15 is 0 Å². The normalized spacial score (nSPS) is 12.1. The zero-order chi connectivity index (χ0) is 15.9. The summed E-state index contributed by atoms with van der Waals surface area (Å²) in [6, 6.07) is 6.94. The number of nitrogens with one attached hydrogen (secondary N) is 1. The van der Waals surface area contributed by atoms with Crippen molar-refractivity contribution in [1.82, 2.24) is 5.32 Å². The van der Waals surface area contributed by atoms with E-state index < -0.39 is 13.5 Å². The van der Waals surface area contributed by atoms with Gasteiger partial charge in [0.05, 0.1) is 6.16 Å². The summed E-state index contributed by atoms with van der Waals surface area (Å²) in [5, 5.41) is 6.23. The first-order chi connectivity index (χ1) is 10.0. The summed E-state index contributed by atoms with van der Waals surface area (Å²) >= 11 is 0. The number of nitrogens with zero attached hydrogens (tertiary/aromatic N) is 1. The molecule has 0 bridgehead atoms. The molecule has 1 N–H and O–H groups in total. The summed E-state index contributed by atoms with van der Waals surface area (Å²) in [5.41, 5.74) is 1.21. The highest BCUT2D eigenvalue weighted by atomic mass is 31.2. The van der Waals surface area contributed by atoms with E-state index in [0.717, 1.165) is 0 Å². The molecule has 0 aliphatic carbocycles. The molecule has 0 atom stereocenters. The average molecular weight is 314 g/mol. The summed E-state index contributed by atoms with van der Waals surface area (Å²) in [5.74, 6) is -0.408. The predicted octanol–water partition coefficient (Wildman–Crippen LogP) is 1.77. The fraction of sp³-hybridized carbons (Fsp3) is 0.385. The lowest BCUT2D eigenvalue weighted by molar-refractivity contribution is -0.114. The van der Waals surface area contributed by atoms with Crippen LogP contribution in [0.5, 0.6) is 0 Å². The molecule has 0 spiro atoms. The number of amides is 1. The Morgan fingerprint density at radius 2 is 1.86 bits per heavy atom. The van der Waals surface area contributed by atoms with E-state index in [1.54, 1.807) is 24.3 Å². The lowest BCUT2D eigenvalue weighted by Gasteiger charge is -2.16. The zero-order valence-electron chi connectivity index (χ0n) is 12.5. The standard InChI is InChI=1S/C13H19N2O5P/c1-14-13(16)12(15-18-2)11-8-6-5-7-10(11)9-21(17,19-3)20-4/h5-8H,9H2,1-4H3,(H,14,16)/b15-12+. The van der Waals surface area contributed by atoms with Gasteiger partial charge < -0.3 is 19.2 Å². The maximum absolute atomic E-state index is 12.3. The Bertz CT molecular complexity index is 565. The Morgan fingerprint density at radius 1 is 1.24 bits per heavy atom. The summed E-state index contributed by atoms with van der Waals surface area (Å²) in [6.07, 6.45) is 0.0237. The van der Waals surface area contributed by atoms with Crippen LogP contribution in [0, 0.1) is 0 Å². The van der Waals surface area contributed by atoms with Crippen LogP contribution < -0.4 is 5.32 Å². The molecule has 0 saturated heterocycles. The van der Waals surface area contributed by atoms with Gasteiger partial charge in [-0.2, -0.15) is 0 Å². The van der Waals surface area contributed by atoms with E-state index in [2.05, 4.69) is 10.5 Å². The van der Waals surface area contributed by atoms with E-state index in [1.807, 2.05) is 0 Å². The van der Waals surface area contributed by atoms with Crippen molar-refractivity contribution >= 4 is 19.2 Å². The van der Waals surface area contributed by atoms with Gasteiger partial charge in [0.2, 0.25) is 0 Å². The topological polar surface area (TPSA) is 86.2 Å². The second kappa shape index (κ2) is 7.93. The van der Waals surface area contributed by atoms with Gasteiger partial charge in [-0.15, -0.1) is 0 Å². The second-order valence-electron chi connectivity index (χ2n) is 3.99. The number of likely N-dealkylation sites (N-methyl/N-ethyl adjacent to an activating group) is 1. The molecule has 0 aromatic heterocycles. The fourth-order valence-electron chi connectivity index (χ4n) is 1.72. The Balaban J connectivity index is 3.28. The van der Waals surface area contributed by atoms with Gasteiger partial charge in [0, 0.05) is 26.8 Å². The summed E-state index contributed by atoms with van der Waals surface area (Å²) in [7, 11) is 2.22. The molecule has 0 aliphatic rings. The first-order valence-electron chi connectivity index (χ1n) is 6.13. The van der Waals surface area contributed by atoms with Crippen molar-refractivity contribution in [2.75, 3.05) is 28.4 Å². The first kappa shape index (κ1) is 17.4. The predicted molar refractivity (Wildman–Crippen MR) is 79.4 cm³/mol. The van der Waals surface area contributed by atoms with E-state index in [4.69, 9.17) is 13.9 Å². The molecule has 116 valence electrons. The van der Waals surface area contributed by atoms with Crippen molar-refractivity contribution in [2.24, 2.45) is 5.16 Å². The van der Waals surface area contributed by atoms with Crippen molar-refractivity contribution in [1.29, 1.82) is 0 Å². The van der Waals surface area contributed by atoms with Crippen LogP contribution in [-0.4, -0.2) is 40.0 Å². The van der Waals surface area contributed by atoms with E-state index in [1.165, 1.54) is 28.4 Å². The quantitative estimate of drug-likeness (QED) is 0.471. The van der Waals surface area contributed by atoms with Gasteiger partial charge in [0.1, 0.15) is 7.11 Å². The van der Waals surface area contributed by atoms with E-state index in [-0.39, 0.29) is 11.9 Å². The second-order valence-corrected chi connectivity index (χ2v) is 6.26. The molecule has 1 aromatic carbocycles. The third kappa shape index (κ3) is 4.39. The molecule has 0 fully saturated rings. The SMILES string of the molecule is CNC(=O)/C(=N/OC)c1ccccc1CP(=O)(OC)OC. The Hall–Kier alpha value is -1.69. The van der Waals surface area contributed by atoms with Gasteiger partial charge in [-0.1, -0.05) is 29.4 Å². The van der Waals surface area contributed by atoms with Gasteiger partial charge in [-0.3, -0.25) is 9.36 Å². The number of hydrogen-bond acceptors (Lipinski definition) is 6. The third-order valence-electron chi connectivity index (χ3n) is 2.82. The molecule has 0 heterocycles. The molecule has 0 aliphatic heterocycles. The maximum atomic E-state index is 12.3. The fourth-order valence-corrected chi connectivity index (χ4v) is 2.82. The largest absolute Gasteiger partial charge is 0.398 e. The van der Waals surface area contributed by atoms with Crippen LogP contribution in [0.3, 0.4) is 0 Å². The van der Waals surface area contributed by atoms with Crippen molar-refractivity contribution in [3.05, 3.63) is 35.4 Å². The summed E-state index contributed by atoms with van der Waals surface area (Å²) in [4.78, 5) is 16.6. The minimum atomic E-state index is -3.25. The lowest BCUT2D eigenvalue weighted by atomic mass is 10.0. The highest BCUT2D eigenvalue weighted by Crippen LogP contribution is 2.50. The van der Waals surface area contributed by atoms with Gasteiger partial charge in [0.25, 0.3) is 5.91 Å². The number of carbonyl (C=O) groups is 1. The molecule has 1 aromatic rings. The molecule has 0 radical (unpaired) electrons. The molecule has 21 heavy (non-hydrogen) atoms. The molecule has 8 heteroatoms. The Morgan fingerprint density at radius 3 is 2.38 bits per heavy atom. The number of oxime groups is 1. The minimum absolute atomic E-state index is 0.0237. The summed E-state index contributed by atoms with van der Waals surface area (Å²) in [6.45, 7) is 0. The third-order valence-corrected chi connectivity index (χ3v) is 4.66. The highest BCUT2D eigenvalue weighted by molar-refractivity contribution is 7.52. The smallest absolute Gasteiger partial charge is 0.334 e. The van der Waals surface area contributed by atoms with E-state index in [0.29, 0.717) is 11.1 Å². The Kier molecular flexibility index (Phi) is 6.55. The monoisotopic (exact) mass is 314 g/mol. The molecule has 1 amide bonds. The average Bonchev–Trinajstić information content (AvgIpc) is 2.52. The molecule has 0 unspecified atom stereocenters. The van der Waals surface area contributed by atoms with Crippen LogP contribution in [0.1, 0.15) is 11.1 Å². The molecule has 7 nitrogen and oxygen atoms in total. The lowest BCUT2D eigenvalue weighted by Crippen LogP contribution is -2.29. The minimum Gasteiger partial charge on any atom is -0.398 e. The van der Waals surface area contributed by atoms with Gasteiger partial charge in [0.15, 0.2) is 5.71 Å². The molecule has 0 saturated carbocycles. The zero-order valence-corrected chi connectivity index (χ0v) is 13.3. The van der Waals surface area contributed by atoms with E-state index in [9.17, 15) is 9.36 Å². The number of hydrogen-bond donors (Lipinski definition) is 1. The van der Waals surface area contributed by atoms with Crippen LogP contribution in [-0.2, 0) is 29.4 Å². The van der Waals surface area contributed by atoms with Crippen LogP contribution in [0.4, 0.5) is 0 Å². The highest BCUT2D eigenvalue weighted by Gasteiger charge is 2.26.